The lowest BCUT2D eigenvalue weighted by atomic mass is 9.93. The number of carbonyl (C=O) groups excluding carboxylic acids is 2. The van der Waals surface area contributed by atoms with Gasteiger partial charge in [-0.05, 0) is 53.8 Å². The number of nitrogens with zero attached hydrogens (tertiary/aromatic N) is 5. The lowest BCUT2D eigenvalue weighted by molar-refractivity contribution is -0.131. The third-order valence-electron chi connectivity index (χ3n) is 9.09. The van der Waals surface area contributed by atoms with E-state index in [-0.39, 0.29) is 30.3 Å². The lowest BCUT2D eigenvalue weighted by Gasteiger charge is -2.29. The van der Waals surface area contributed by atoms with Gasteiger partial charge in [-0.3, -0.25) is 14.3 Å². The number of fused-ring (bicyclic) bond motifs is 2. The van der Waals surface area contributed by atoms with Gasteiger partial charge in [-0.15, -0.1) is 5.10 Å². The molecule has 0 saturated heterocycles. The molecule has 0 aliphatic carbocycles. The molecule has 240 valence electrons. The SMILES string of the molecule is COc1ccccc1-c1cc(C2=CCCN(C(=O)CCn3ccnn3)C2)c(F)c2[nH]c(C(=O)N3CCc4cccc(OC)c4C3)cc12. The quantitative estimate of drug-likeness (QED) is 0.242. The highest BCUT2D eigenvalue weighted by atomic mass is 19.1. The van der Waals surface area contributed by atoms with Crippen molar-refractivity contribution in [3.8, 4) is 22.6 Å². The van der Waals surface area contributed by atoms with E-state index in [0.29, 0.717) is 67.0 Å². The van der Waals surface area contributed by atoms with E-state index in [2.05, 4.69) is 21.4 Å². The van der Waals surface area contributed by atoms with Gasteiger partial charge in [0, 0.05) is 60.9 Å². The molecule has 10 nitrogen and oxygen atoms in total. The molecule has 2 aromatic heterocycles. The van der Waals surface area contributed by atoms with Crippen molar-refractivity contribution in [2.45, 2.75) is 32.4 Å². The van der Waals surface area contributed by atoms with Crippen LogP contribution in [0.25, 0.3) is 27.6 Å². The van der Waals surface area contributed by atoms with Crippen LogP contribution in [0.1, 0.15) is 40.0 Å². The number of aromatic amines is 1. The molecule has 0 spiro atoms. The highest BCUT2D eigenvalue weighted by Crippen LogP contribution is 2.40. The van der Waals surface area contributed by atoms with Crippen LogP contribution in [0.5, 0.6) is 11.5 Å². The Labute approximate surface area is 271 Å². The predicted octanol–water partition coefficient (Wildman–Crippen LogP) is 5.49. The highest BCUT2D eigenvalue weighted by molar-refractivity contribution is 6.05. The number of carbonyl (C=O) groups is 2. The molecule has 0 saturated carbocycles. The second kappa shape index (κ2) is 12.7. The minimum atomic E-state index is -0.466. The Balaban J connectivity index is 1.25. The van der Waals surface area contributed by atoms with Crippen molar-refractivity contribution in [1.82, 2.24) is 29.8 Å². The molecule has 0 radical (unpaired) electrons. The Morgan fingerprint density at radius 3 is 2.57 bits per heavy atom. The molecular weight excluding hydrogens is 599 g/mol. The Kier molecular flexibility index (Phi) is 8.19. The number of para-hydroxylation sites is 1. The van der Waals surface area contributed by atoms with Gasteiger partial charge in [-0.2, -0.15) is 0 Å². The van der Waals surface area contributed by atoms with Gasteiger partial charge < -0.3 is 24.3 Å². The summed E-state index contributed by atoms with van der Waals surface area (Å²) in [6.45, 7) is 2.17. The number of nitrogens with one attached hydrogen (secondary N) is 1. The number of halogens is 1. The smallest absolute Gasteiger partial charge is 0.270 e. The van der Waals surface area contributed by atoms with Crippen molar-refractivity contribution in [2.75, 3.05) is 33.9 Å². The van der Waals surface area contributed by atoms with Crippen LogP contribution in [-0.4, -0.2) is 75.4 Å². The van der Waals surface area contributed by atoms with Gasteiger partial charge in [-0.1, -0.05) is 41.6 Å². The van der Waals surface area contributed by atoms with Crippen LogP contribution >= 0.6 is 0 Å². The lowest BCUT2D eigenvalue weighted by Crippen LogP contribution is -2.36. The number of hydrogen-bond acceptors (Lipinski definition) is 6. The third kappa shape index (κ3) is 5.73. The van der Waals surface area contributed by atoms with Crippen LogP contribution in [0.4, 0.5) is 4.39 Å². The zero-order valence-electron chi connectivity index (χ0n) is 26.3. The van der Waals surface area contributed by atoms with E-state index in [0.717, 1.165) is 28.0 Å². The summed E-state index contributed by atoms with van der Waals surface area (Å²) >= 11 is 0. The maximum Gasteiger partial charge on any atom is 0.270 e. The number of methoxy groups -OCH3 is 2. The van der Waals surface area contributed by atoms with Crippen molar-refractivity contribution < 1.29 is 23.5 Å². The van der Waals surface area contributed by atoms with Gasteiger partial charge in [0.2, 0.25) is 5.91 Å². The summed E-state index contributed by atoms with van der Waals surface area (Å²) in [4.78, 5) is 33.8. The normalized spacial score (nSPS) is 14.6. The molecule has 0 atom stereocenters. The maximum atomic E-state index is 16.6. The average Bonchev–Trinajstić information content (AvgIpc) is 3.81. The number of ether oxygens (including phenoxy) is 2. The van der Waals surface area contributed by atoms with Gasteiger partial charge in [0.05, 0.1) is 32.5 Å². The third-order valence-corrected chi connectivity index (χ3v) is 9.09. The molecule has 7 rings (SSSR count). The minimum absolute atomic E-state index is 0.0370. The summed E-state index contributed by atoms with van der Waals surface area (Å²) in [6, 6.07) is 17.0. The summed E-state index contributed by atoms with van der Waals surface area (Å²) in [6.07, 6.45) is 6.85. The molecule has 2 aliphatic rings. The summed E-state index contributed by atoms with van der Waals surface area (Å²) in [5, 5.41) is 8.31. The number of aryl methyl sites for hydroxylation is 1. The van der Waals surface area contributed by atoms with Crippen molar-refractivity contribution in [3.05, 3.63) is 101 Å². The van der Waals surface area contributed by atoms with Gasteiger partial charge >= 0.3 is 0 Å². The topological polar surface area (TPSA) is 106 Å². The first-order chi connectivity index (χ1) is 22.9. The second-order valence-corrected chi connectivity index (χ2v) is 11.8. The molecule has 11 heteroatoms. The Morgan fingerprint density at radius 2 is 1.77 bits per heavy atom. The molecular formula is C36H35FN6O4. The van der Waals surface area contributed by atoms with Crippen molar-refractivity contribution in [2.24, 2.45) is 0 Å². The summed E-state index contributed by atoms with van der Waals surface area (Å²) in [5.74, 6) is 0.655. The zero-order chi connectivity index (χ0) is 32.5. The molecule has 5 aromatic rings. The summed E-state index contributed by atoms with van der Waals surface area (Å²) in [5.41, 5.74) is 5.26. The fourth-order valence-corrected chi connectivity index (χ4v) is 6.66. The van der Waals surface area contributed by atoms with Gasteiger partial charge in [0.25, 0.3) is 5.91 Å². The fraction of sp³-hybridized carbons (Fsp3) is 0.278. The Bertz CT molecular complexity index is 1990. The molecule has 1 N–H and O–H groups in total. The Hall–Kier alpha value is -5.45. The van der Waals surface area contributed by atoms with Crippen molar-refractivity contribution in [1.29, 1.82) is 0 Å². The molecule has 47 heavy (non-hydrogen) atoms. The largest absolute Gasteiger partial charge is 0.496 e. The van der Waals surface area contributed by atoms with E-state index in [1.54, 1.807) is 47.2 Å². The standard InChI is InChI=1S/C36H35FN6O4/c1-46-31-10-4-3-9-25(31)27-19-26(24-8-6-15-41(21-24)33(44)13-17-43-18-14-38-40-43)34(37)35-28(27)20-30(39-35)36(45)42-16-12-23-7-5-11-32(47-2)29(23)22-42/h3-5,7-11,14,18-20,39H,6,12-13,15-17,21-22H2,1-2H3. The number of rotatable bonds is 8. The number of H-pyrrole nitrogens is 1. The predicted molar refractivity (Wildman–Crippen MR) is 175 cm³/mol. The summed E-state index contributed by atoms with van der Waals surface area (Å²) in [7, 11) is 3.23. The fourth-order valence-electron chi connectivity index (χ4n) is 6.66. The van der Waals surface area contributed by atoms with E-state index < -0.39 is 5.82 Å². The molecule has 4 heterocycles. The first-order valence-electron chi connectivity index (χ1n) is 15.7. The van der Waals surface area contributed by atoms with Crippen LogP contribution in [-0.2, 0) is 24.3 Å². The maximum absolute atomic E-state index is 16.6. The van der Waals surface area contributed by atoms with Crippen LogP contribution in [0.3, 0.4) is 0 Å². The van der Waals surface area contributed by atoms with E-state index in [4.69, 9.17) is 9.47 Å². The van der Waals surface area contributed by atoms with E-state index >= 15 is 4.39 Å². The van der Waals surface area contributed by atoms with Crippen molar-refractivity contribution in [3.63, 3.8) is 0 Å². The van der Waals surface area contributed by atoms with Gasteiger partial charge in [0.1, 0.15) is 17.2 Å². The number of hydrogen-bond donors (Lipinski definition) is 1. The minimum Gasteiger partial charge on any atom is -0.496 e. The average molecular weight is 635 g/mol. The van der Waals surface area contributed by atoms with Crippen molar-refractivity contribution >= 4 is 28.3 Å². The second-order valence-electron chi connectivity index (χ2n) is 11.8. The molecule has 2 aliphatic heterocycles. The summed E-state index contributed by atoms with van der Waals surface area (Å²) < 4.78 is 29.5. The molecule has 2 amide bonds. The van der Waals surface area contributed by atoms with E-state index in [9.17, 15) is 9.59 Å². The Morgan fingerprint density at radius 1 is 0.936 bits per heavy atom. The number of benzene rings is 3. The van der Waals surface area contributed by atoms with Crippen LogP contribution in [0.2, 0.25) is 0 Å². The van der Waals surface area contributed by atoms with E-state index in [1.807, 2.05) is 48.5 Å². The first kappa shape index (κ1) is 30.2. The molecule has 0 fully saturated rings. The first-order valence-corrected chi connectivity index (χ1v) is 15.7. The zero-order valence-corrected chi connectivity index (χ0v) is 26.3. The van der Waals surface area contributed by atoms with Crippen LogP contribution in [0.15, 0.2) is 73.1 Å². The number of aromatic nitrogens is 4. The van der Waals surface area contributed by atoms with Gasteiger partial charge in [0.15, 0.2) is 5.82 Å². The monoisotopic (exact) mass is 634 g/mol. The van der Waals surface area contributed by atoms with Crippen LogP contribution < -0.4 is 9.47 Å². The highest BCUT2D eigenvalue weighted by Gasteiger charge is 2.28. The molecule has 0 bridgehead atoms. The van der Waals surface area contributed by atoms with Gasteiger partial charge in [-0.25, -0.2) is 4.39 Å². The van der Waals surface area contributed by atoms with E-state index in [1.165, 1.54) is 0 Å². The van der Waals surface area contributed by atoms with Crippen LogP contribution in [0, 0.1) is 5.82 Å². The number of amides is 2. The molecule has 0 unspecified atom stereocenters. The molecule has 3 aromatic carbocycles.